The standard InChI is InChI=1S/C100H79N/c1-60(2)76-40-25-41-77(61(3)4)94(76)70-48-46-68-58-92-88(52-72(68)50-70)90-56-75(57-91-89-53-73-51-71(49-47-69(73)59-93(89)101(92)100(90)91)95-78(62(5)6)42-26-43-79(95)63(7)8)97-86(66-32-17-11-18-33-66)54-74(55-87(97)67-34-19-12-20-35-67)96-82-36-21-23-38-84(82)99(85-39-24-22-37-83(85)96)98-80(64-28-13-9-14-29-64)44-27-45-81(98)65-30-15-10-16-31-65/h9-63H,1-8H3. The van der Waals surface area contributed by atoms with E-state index in [4.69, 9.17) is 0 Å². The lowest BCUT2D eigenvalue weighted by Gasteiger charge is -2.24. The van der Waals surface area contributed by atoms with E-state index in [-0.39, 0.29) is 0 Å². The summed E-state index contributed by atoms with van der Waals surface area (Å²) in [5.74, 6) is 1.51. The van der Waals surface area contributed by atoms with Gasteiger partial charge < -0.3 is 4.40 Å². The van der Waals surface area contributed by atoms with Gasteiger partial charge in [0, 0.05) is 21.5 Å². The van der Waals surface area contributed by atoms with Crippen molar-refractivity contribution in [1.29, 1.82) is 0 Å². The number of aromatic nitrogens is 1. The minimum atomic E-state index is 0.377. The third kappa shape index (κ3) is 10.2. The predicted octanol–water partition coefficient (Wildman–Crippen LogP) is 28.9. The van der Waals surface area contributed by atoms with Crippen LogP contribution in [-0.2, 0) is 0 Å². The Morgan fingerprint density at radius 1 is 0.188 bits per heavy atom. The lowest BCUT2D eigenvalue weighted by molar-refractivity contribution is 0.838. The Labute approximate surface area is 592 Å². The highest BCUT2D eigenvalue weighted by atomic mass is 14.9. The zero-order valence-corrected chi connectivity index (χ0v) is 58.7. The first-order valence-electron chi connectivity index (χ1n) is 36.3. The monoisotopic (exact) mass is 1290 g/mol. The van der Waals surface area contributed by atoms with E-state index in [0.717, 1.165) is 11.1 Å². The second kappa shape index (κ2) is 24.7. The molecule has 0 bridgehead atoms. The summed E-state index contributed by atoms with van der Waals surface area (Å²) in [6, 6.07) is 118. The molecular formula is C100H79N. The second-order valence-corrected chi connectivity index (χ2v) is 29.3. The Kier molecular flexibility index (Phi) is 15.1. The van der Waals surface area contributed by atoms with Crippen LogP contribution in [0.5, 0.6) is 0 Å². The largest absolute Gasteiger partial charge is 0.308 e. The lowest BCUT2D eigenvalue weighted by Crippen LogP contribution is -1.99. The molecule has 0 N–H and O–H groups in total. The van der Waals surface area contributed by atoms with Crippen LogP contribution in [0.1, 0.15) is 101 Å². The van der Waals surface area contributed by atoms with Crippen LogP contribution < -0.4 is 0 Å². The van der Waals surface area contributed by atoms with Crippen LogP contribution in [0.15, 0.2) is 309 Å². The molecule has 0 aliphatic rings. The summed E-state index contributed by atoms with van der Waals surface area (Å²) >= 11 is 0. The van der Waals surface area contributed by atoms with Gasteiger partial charge in [0.15, 0.2) is 0 Å². The summed E-state index contributed by atoms with van der Waals surface area (Å²) in [5, 5.41) is 14.8. The molecule has 0 aliphatic heterocycles. The van der Waals surface area contributed by atoms with E-state index in [9.17, 15) is 0 Å². The van der Waals surface area contributed by atoms with Crippen LogP contribution in [0.4, 0.5) is 0 Å². The first kappa shape index (κ1) is 61.7. The van der Waals surface area contributed by atoms with Gasteiger partial charge in [-0.3, -0.25) is 0 Å². The molecule has 2 aromatic heterocycles. The van der Waals surface area contributed by atoms with Crippen LogP contribution >= 0.6 is 0 Å². The smallest absolute Gasteiger partial charge is 0.0620 e. The third-order valence-corrected chi connectivity index (χ3v) is 21.9. The SMILES string of the molecule is CC(C)c1cccc(C(C)C)c1-c1ccc2cc3c(cc2c1)c1cc(-c2c(-c4ccccc4)cc(-c4c5ccccc5c(-c5c(-c6ccccc6)cccc5-c5ccccc5)c5ccccc45)cc2-c2ccccc2)cc2c4cc5cc(-c6c(C(C)C)cccc6C(C)C)ccc5cc4n3c12. The van der Waals surface area contributed by atoms with Gasteiger partial charge in [0.25, 0.3) is 0 Å². The molecule has 0 radical (unpaired) electrons. The van der Waals surface area contributed by atoms with E-state index < -0.39 is 0 Å². The number of nitrogens with zero attached hydrogens (tertiary/aromatic N) is 1. The molecule has 0 aliphatic carbocycles. The highest BCUT2D eigenvalue weighted by molar-refractivity contribution is 6.29. The highest BCUT2D eigenvalue weighted by Crippen LogP contribution is 2.54. The van der Waals surface area contributed by atoms with Crippen LogP contribution in [0.25, 0.3) is 181 Å². The van der Waals surface area contributed by atoms with Crippen molar-refractivity contribution < 1.29 is 0 Å². The molecule has 484 valence electrons. The fourth-order valence-corrected chi connectivity index (χ4v) is 17.3. The van der Waals surface area contributed by atoms with E-state index >= 15 is 0 Å². The van der Waals surface area contributed by atoms with Crippen LogP contribution in [0.3, 0.4) is 0 Å². The molecule has 0 unspecified atom stereocenters. The van der Waals surface area contributed by atoms with Crippen molar-refractivity contribution in [3.63, 3.8) is 0 Å². The van der Waals surface area contributed by atoms with Crippen molar-refractivity contribution >= 4 is 81.2 Å². The molecule has 0 amide bonds. The molecule has 1 nitrogen and oxygen atoms in total. The van der Waals surface area contributed by atoms with Gasteiger partial charge in [0.2, 0.25) is 0 Å². The molecule has 18 rings (SSSR count). The van der Waals surface area contributed by atoms with E-state index in [1.807, 2.05) is 0 Å². The van der Waals surface area contributed by atoms with Crippen molar-refractivity contribution in [2.75, 3.05) is 0 Å². The Morgan fingerprint density at radius 3 is 0.901 bits per heavy atom. The van der Waals surface area contributed by atoms with E-state index in [2.05, 4.69) is 369 Å². The van der Waals surface area contributed by atoms with Crippen molar-refractivity contribution in [3.8, 4) is 100 Å². The number of hydrogen-bond acceptors (Lipinski definition) is 0. The van der Waals surface area contributed by atoms with Gasteiger partial charge in [0.05, 0.1) is 16.6 Å². The molecule has 0 spiro atoms. The highest BCUT2D eigenvalue weighted by Gasteiger charge is 2.28. The molecule has 0 atom stereocenters. The summed E-state index contributed by atoms with van der Waals surface area (Å²) in [6.45, 7) is 18.7. The first-order chi connectivity index (χ1) is 49.4. The number of hydrogen-bond donors (Lipinski definition) is 0. The average Bonchev–Trinajstić information content (AvgIpc) is 1.56. The summed E-state index contributed by atoms with van der Waals surface area (Å²) in [5.41, 5.74) is 31.3. The molecule has 2 heterocycles. The first-order valence-corrected chi connectivity index (χ1v) is 36.3. The fraction of sp³-hybridized carbons (Fsp3) is 0.120. The number of rotatable bonds is 13. The Morgan fingerprint density at radius 2 is 0.525 bits per heavy atom. The van der Waals surface area contributed by atoms with Gasteiger partial charge in [-0.25, -0.2) is 0 Å². The quantitative estimate of drug-likeness (QED) is 0.101. The Balaban J connectivity index is 0.942. The van der Waals surface area contributed by atoms with Crippen LogP contribution in [0.2, 0.25) is 0 Å². The van der Waals surface area contributed by atoms with Gasteiger partial charge in [-0.05, 0) is 250 Å². The Bertz CT molecular complexity index is 5860. The maximum atomic E-state index is 2.61. The topological polar surface area (TPSA) is 4.41 Å². The Hall–Kier alpha value is -11.6. The van der Waals surface area contributed by atoms with Gasteiger partial charge in [-0.2, -0.15) is 0 Å². The normalized spacial score (nSPS) is 12.1. The second-order valence-electron chi connectivity index (χ2n) is 29.3. The average molecular weight is 1290 g/mol. The molecular weight excluding hydrogens is 1220 g/mol. The predicted molar refractivity (Wildman–Crippen MR) is 436 cm³/mol. The van der Waals surface area contributed by atoms with Crippen molar-refractivity contribution in [2.45, 2.75) is 79.1 Å². The van der Waals surface area contributed by atoms with E-state index in [0.29, 0.717) is 23.7 Å². The molecule has 16 aromatic carbocycles. The fourth-order valence-electron chi connectivity index (χ4n) is 17.3. The van der Waals surface area contributed by atoms with Gasteiger partial charge in [-0.1, -0.05) is 304 Å². The summed E-state index contributed by atoms with van der Waals surface area (Å²) < 4.78 is 2.61. The summed E-state index contributed by atoms with van der Waals surface area (Å²) in [6.07, 6.45) is 0. The number of benzene rings is 16. The van der Waals surface area contributed by atoms with E-state index in [1.54, 1.807) is 0 Å². The van der Waals surface area contributed by atoms with E-state index in [1.165, 1.54) is 192 Å². The minimum Gasteiger partial charge on any atom is -0.308 e. The van der Waals surface area contributed by atoms with Crippen LogP contribution in [-0.4, -0.2) is 4.40 Å². The zero-order valence-electron chi connectivity index (χ0n) is 58.7. The van der Waals surface area contributed by atoms with Crippen molar-refractivity contribution in [1.82, 2.24) is 4.40 Å². The minimum absolute atomic E-state index is 0.377. The molecule has 0 fully saturated rings. The van der Waals surface area contributed by atoms with Crippen molar-refractivity contribution in [2.24, 2.45) is 0 Å². The number of fused-ring (bicyclic) bond motifs is 10. The maximum Gasteiger partial charge on any atom is 0.0620 e. The molecule has 101 heavy (non-hydrogen) atoms. The third-order valence-electron chi connectivity index (χ3n) is 21.9. The zero-order chi connectivity index (χ0) is 68.3. The van der Waals surface area contributed by atoms with Crippen molar-refractivity contribution in [3.05, 3.63) is 332 Å². The van der Waals surface area contributed by atoms with Gasteiger partial charge in [-0.15, -0.1) is 0 Å². The molecule has 18 aromatic rings. The maximum absolute atomic E-state index is 2.61. The molecule has 0 saturated carbocycles. The molecule has 1 heteroatoms. The van der Waals surface area contributed by atoms with Crippen LogP contribution in [0, 0.1) is 0 Å². The van der Waals surface area contributed by atoms with Gasteiger partial charge in [0.1, 0.15) is 0 Å². The summed E-state index contributed by atoms with van der Waals surface area (Å²) in [4.78, 5) is 0. The molecule has 0 saturated heterocycles. The lowest BCUT2D eigenvalue weighted by atomic mass is 9.79. The summed E-state index contributed by atoms with van der Waals surface area (Å²) in [7, 11) is 0. The van der Waals surface area contributed by atoms with Gasteiger partial charge >= 0.3 is 0 Å².